The van der Waals surface area contributed by atoms with Crippen LogP contribution in [0.3, 0.4) is 0 Å². The highest BCUT2D eigenvalue weighted by Gasteiger charge is 2.38. The van der Waals surface area contributed by atoms with E-state index in [0.29, 0.717) is 6.54 Å². The van der Waals surface area contributed by atoms with Crippen molar-refractivity contribution in [1.82, 2.24) is 35.5 Å². The van der Waals surface area contributed by atoms with Gasteiger partial charge in [-0.2, -0.15) is 0 Å². The molecule has 280 valence electrons. The van der Waals surface area contributed by atoms with Crippen molar-refractivity contribution in [2.24, 2.45) is 17.6 Å². The molecular weight excluding hydrogens is 669 g/mol. The summed E-state index contributed by atoms with van der Waals surface area (Å²) in [5.74, 6) is 1.66. The molecule has 12 nitrogen and oxygen atoms in total. The minimum absolute atomic E-state index is 0.0407. The number of aromatic nitrogens is 4. The van der Waals surface area contributed by atoms with E-state index in [2.05, 4.69) is 63.1 Å². The fraction of sp³-hybridized carbons (Fsp3) is 0.488. The third-order valence-corrected chi connectivity index (χ3v) is 11.4. The number of imidazole rings is 2. The van der Waals surface area contributed by atoms with Crippen molar-refractivity contribution in [3.8, 4) is 33.6 Å². The maximum Gasteiger partial charge on any atom is 0.407 e. The molecule has 7 rings (SSSR count). The van der Waals surface area contributed by atoms with E-state index in [1.807, 2.05) is 38.8 Å². The summed E-state index contributed by atoms with van der Waals surface area (Å²) >= 11 is 0. The third kappa shape index (κ3) is 7.33. The smallest absolute Gasteiger partial charge is 0.407 e. The Kier molecular flexibility index (Phi) is 10.4. The highest BCUT2D eigenvalue weighted by molar-refractivity contribution is 5.86. The van der Waals surface area contributed by atoms with Gasteiger partial charge in [0.1, 0.15) is 17.7 Å². The second-order valence-electron chi connectivity index (χ2n) is 15.6. The third-order valence-electron chi connectivity index (χ3n) is 11.4. The summed E-state index contributed by atoms with van der Waals surface area (Å²) in [6.07, 6.45) is 7.67. The van der Waals surface area contributed by atoms with E-state index in [1.165, 1.54) is 23.9 Å². The number of aryl methyl sites for hydroxylation is 2. The van der Waals surface area contributed by atoms with Crippen LogP contribution in [0.5, 0.6) is 0 Å². The number of methoxy groups -OCH3 is 1. The lowest BCUT2D eigenvalue weighted by Crippen LogP contribution is -2.51. The van der Waals surface area contributed by atoms with E-state index in [9.17, 15) is 14.4 Å². The highest BCUT2D eigenvalue weighted by Crippen LogP contribution is 2.40. The topological polar surface area (TPSA) is 171 Å². The first-order valence-corrected chi connectivity index (χ1v) is 19.1. The molecule has 2 aliphatic carbocycles. The molecule has 2 fully saturated rings. The summed E-state index contributed by atoms with van der Waals surface area (Å²) < 4.78 is 4.76. The van der Waals surface area contributed by atoms with Gasteiger partial charge in [-0.15, -0.1) is 0 Å². The first kappa shape index (κ1) is 36.4. The van der Waals surface area contributed by atoms with E-state index < -0.39 is 18.2 Å². The number of likely N-dealkylation sites (tertiary alicyclic amines) is 1. The van der Waals surface area contributed by atoms with Gasteiger partial charge in [0.05, 0.1) is 36.8 Å². The summed E-state index contributed by atoms with van der Waals surface area (Å²) in [6.45, 7) is 8.38. The Labute approximate surface area is 311 Å². The SMILES string of the molecule is COC(=O)N[C@H](C(=O)N1CCC[C@H]1c1ncc(-c2ccc(-c3ccc4c(c3)CCc3[nH]c(C5CCCC5NC(=O)[C@@H](N)C(C)C)nc3-4)cc2)[nH]1)C(C)C. The Morgan fingerprint density at radius 3 is 2.40 bits per heavy atom. The Bertz CT molecular complexity index is 1960. The zero-order chi connectivity index (χ0) is 37.4. The maximum absolute atomic E-state index is 13.5. The summed E-state index contributed by atoms with van der Waals surface area (Å²) in [5, 5.41) is 5.93. The van der Waals surface area contributed by atoms with Crippen LogP contribution in [0.2, 0.25) is 0 Å². The maximum atomic E-state index is 13.5. The number of fused-ring (bicyclic) bond motifs is 3. The average Bonchev–Trinajstić information content (AvgIpc) is 3.99. The summed E-state index contributed by atoms with van der Waals surface area (Å²) in [4.78, 5) is 57.1. The quantitative estimate of drug-likeness (QED) is 0.134. The minimum atomic E-state index is -0.674. The number of nitrogens with two attached hydrogens (primary N) is 1. The number of hydrogen-bond acceptors (Lipinski definition) is 7. The van der Waals surface area contributed by atoms with Crippen LogP contribution in [0, 0.1) is 11.8 Å². The van der Waals surface area contributed by atoms with Gasteiger partial charge in [0.25, 0.3) is 0 Å². The van der Waals surface area contributed by atoms with Crippen LogP contribution in [-0.4, -0.2) is 74.5 Å². The van der Waals surface area contributed by atoms with Crippen LogP contribution in [0.15, 0.2) is 48.7 Å². The minimum Gasteiger partial charge on any atom is -0.453 e. The number of benzene rings is 2. The molecule has 6 N–H and O–H groups in total. The molecule has 2 aromatic carbocycles. The van der Waals surface area contributed by atoms with Gasteiger partial charge in [-0.1, -0.05) is 76.6 Å². The van der Waals surface area contributed by atoms with E-state index in [1.54, 1.807) is 0 Å². The largest absolute Gasteiger partial charge is 0.453 e. The average molecular weight is 721 g/mol. The van der Waals surface area contributed by atoms with E-state index in [4.69, 9.17) is 20.4 Å². The van der Waals surface area contributed by atoms with Gasteiger partial charge in [-0.05, 0) is 72.6 Å². The molecule has 53 heavy (non-hydrogen) atoms. The van der Waals surface area contributed by atoms with Crippen molar-refractivity contribution >= 4 is 17.9 Å². The second-order valence-corrected chi connectivity index (χ2v) is 15.6. The monoisotopic (exact) mass is 720 g/mol. The van der Waals surface area contributed by atoms with Gasteiger partial charge in [0, 0.05) is 29.8 Å². The number of carbonyl (C=O) groups excluding carboxylic acids is 3. The number of hydrogen-bond donors (Lipinski definition) is 5. The fourth-order valence-corrected chi connectivity index (χ4v) is 8.21. The predicted octanol–water partition coefficient (Wildman–Crippen LogP) is 6.01. The van der Waals surface area contributed by atoms with Crippen LogP contribution >= 0.6 is 0 Å². The molecule has 2 aromatic heterocycles. The van der Waals surface area contributed by atoms with Crippen molar-refractivity contribution in [2.45, 2.75) is 103 Å². The number of carbonyl (C=O) groups is 3. The number of alkyl carbamates (subject to hydrolysis) is 1. The lowest BCUT2D eigenvalue weighted by Gasteiger charge is -2.30. The Morgan fingerprint density at radius 1 is 0.906 bits per heavy atom. The molecule has 3 aliphatic rings. The zero-order valence-corrected chi connectivity index (χ0v) is 31.4. The molecule has 0 radical (unpaired) electrons. The summed E-state index contributed by atoms with van der Waals surface area (Å²) in [7, 11) is 1.30. The number of amides is 3. The Balaban J connectivity index is 1.04. The van der Waals surface area contributed by atoms with Crippen LogP contribution in [0.25, 0.3) is 33.6 Å². The molecule has 5 atom stereocenters. The zero-order valence-electron chi connectivity index (χ0n) is 31.4. The van der Waals surface area contributed by atoms with Crippen molar-refractivity contribution < 1.29 is 19.1 Å². The lowest BCUT2D eigenvalue weighted by molar-refractivity contribution is -0.135. The molecule has 0 bridgehead atoms. The first-order chi connectivity index (χ1) is 25.5. The number of rotatable bonds is 10. The molecule has 2 unspecified atom stereocenters. The molecule has 3 amide bonds. The van der Waals surface area contributed by atoms with Crippen molar-refractivity contribution in [2.75, 3.05) is 13.7 Å². The highest BCUT2D eigenvalue weighted by atomic mass is 16.5. The van der Waals surface area contributed by atoms with Crippen molar-refractivity contribution in [3.05, 3.63) is 71.6 Å². The Hall–Kier alpha value is -4.97. The Morgan fingerprint density at radius 2 is 1.66 bits per heavy atom. The molecule has 0 spiro atoms. The molecule has 1 saturated carbocycles. The number of aromatic amines is 2. The summed E-state index contributed by atoms with van der Waals surface area (Å²) in [6, 6.07) is 13.8. The van der Waals surface area contributed by atoms with E-state index in [0.717, 1.165) is 84.7 Å². The number of nitrogens with one attached hydrogen (secondary N) is 4. The van der Waals surface area contributed by atoms with E-state index in [-0.39, 0.29) is 41.7 Å². The fourth-order valence-electron chi connectivity index (χ4n) is 8.21. The predicted molar refractivity (Wildman–Crippen MR) is 204 cm³/mol. The van der Waals surface area contributed by atoms with Crippen molar-refractivity contribution in [1.29, 1.82) is 0 Å². The van der Waals surface area contributed by atoms with Gasteiger partial charge in [-0.25, -0.2) is 14.8 Å². The first-order valence-electron chi connectivity index (χ1n) is 19.1. The summed E-state index contributed by atoms with van der Waals surface area (Å²) in [5.41, 5.74) is 15.0. The van der Waals surface area contributed by atoms with Crippen LogP contribution < -0.4 is 16.4 Å². The van der Waals surface area contributed by atoms with Gasteiger partial charge in [0.15, 0.2) is 0 Å². The number of nitrogens with zero attached hydrogens (tertiary/aromatic N) is 3. The van der Waals surface area contributed by atoms with Gasteiger partial charge in [-0.3, -0.25) is 9.59 Å². The molecule has 12 heteroatoms. The standard InChI is InChI=1S/C41H52N8O4/c1-22(2)34(42)39(50)46-30-9-6-8-29(30)37-44-31-18-16-27-20-26(15-17-28(27)36(31)47-37)24-11-13-25(14-12-24)32-21-43-38(45-32)33-10-7-19-49(33)40(51)35(23(3)4)48-41(52)53-5/h11-15,17,20-23,29-30,33-35H,6-10,16,18-19,42H2,1-5H3,(H,43,45)(H,44,47)(H,46,50)(H,48,52)/t29?,30?,33-,34-,35-/m0/s1. The second kappa shape index (κ2) is 15.2. The number of H-pyrrole nitrogens is 2. The normalized spacial score (nSPS) is 20.6. The van der Waals surface area contributed by atoms with Crippen LogP contribution in [0.4, 0.5) is 4.79 Å². The molecule has 1 saturated heterocycles. The number of ether oxygens (including phenoxy) is 1. The van der Waals surface area contributed by atoms with Gasteiger partial charge >= 0.3 is 6.09 Å². The lowest BCUT2D eigenvalue weighted by atomic mass is 9.89. The van der Waals surface area contributed by atoms with Crippen molar-refractivity contribution in [3.63, 3.8) is 0 Å². The van der Waals surface area contributed by atoms with Crippen LogP contribution in [0.1, 0.15) is 94.7 Å². The van der Waals surface area contributed by atoms with Gasteiger partial charge < -0.3 is 36.0 Å². The van der Waals surface area contributed by atoms with Gasteiger partial charge in [0.2, 0.25) is 11.8 Å². The molecule has 1 aliphatic heterocycles. The molecule has 3 heterocycles. The molecule has 4 aromatic rings. The molecular formula is C41H52N8O4. The van der Waals surface area contributed by atoms with Crippen LogP contribution in [-0.2, 0) is 27.2 Å². The van der Waals surface area contributed by atoms with E-state index >= 15 is 0 Å².